The number of carbonyl (C=O) groups excluding carboxylic acids is 1. The van der Waals surface area contributed by atoms with Gasteiger partial charge in [0.25, 0.3) is 0 Å². The van der Waals surface area contributed by atoms with Crippen molar-refractivity contribution in [3.63, 3.8) is 0 Å². The number of hydrogen-bond acceptors (Lipinski definition) is 3. The molecule has 23 heavy (non-hydrogen) atoms. The van der Waals surface area contributed by atoms with Crippen LogP contribution in [0.2, 0.25) is 0 Å². The molecule has 4 nitrogen and oxygen atoms in total. The van der Waals surface area contributed by atoms with E-state index >= 15 is 0 Å². The zero-order chi connectivity index (χ0) is 16.1. The lowest BCUT2D eigenvalue weighted by molar-refractivity contribution is -0.121. The monoisotopic (exact) mass is 306 g/mol. The molecule has 1 heterocycles. The Kier molecular flexibility index (Phi) is 4.52. The standard InChI is InChI=1S/C19H18N2O2/c1-14-21-17(13-23-14)12-20-19(22)18(15-8-4-2-5-9-15)16-10-6-3-7-11-16/h2-11,13,18H,12H2,1H3,(H,20,22). The Hall–Kier alpha value is -2.88. The average Bonchev–Trinajstić information content (AvgIpc) is 3.01. The maximum atomic E-state index is 12.8. The van der Waals surface area contributed by atoms with Crippen molar-refractivity contribution in [1.29, 1.82) is 0 Å². The first-order valence-electron chi connectivity index (χ1n) is 7.52. The third-order valence-electron chi connectivity index (χ3n) is 3.64. The van der Waals surface area contributed by atoms with Crippen LogP contribution in [0.5, 0.6) is 0 Å². The van der Waals surface area contributed by atoms with E-state index in [2.05, 4.69) is 10.3 Å². The molecule has 0 atom stereocenters. The Morgan fingerprint density at radius 2 is 1.61 bits per heavy atom. The maximum absolute atomic E-state index is 12.8. The van der Waals surface area contributed by atoms with Crippen LogP contribution in [-0.4, -0.2) is 10.9 Å². The van der Waals surface area contributed by atoms with Gasteiger partial charge in [-0.1, -0.05) is 60.7 Å². The lowest BCUT2D eigenvalue weighted by Gasteiger charge is -2.17. The number of aromatic nitrogens is 1. The zero-order valence-corrected chi connectivity index (χ0v) is 12.9. The largest absolute Gasteiger partial charge is 0.449 e. The van der Waals surface area contributed by atoms with Crippen molar-refractivity contribution in [2.24, 2.45) is 0 Å². The van der Waals surface area contributed by atoms with Crippen LogP contribution in [-0.2, 0) is 11.3 Å². The fourth-order valence-electron chi connectivity index (χ4n) is 2.56. The summed E-state index contributed by atoms with van der Waals surface area (Å²) in [6.07, 6.45) is 1.57. The summed E-state index contributed by atoms with van der Waals surface area (Å²) in [4.78, 5) is 17.0. The van der Waals surface area contributed by atoms with E-state index < -0.39 is 0 Å². The SMILES string of the molecule is Cc1nc(CNC(=O)C(c2ccccc2)c2ccccc2)co1. The minimum absolute atomic E-state index is 0.0527. The normalized spacial score (nSPS) is 10.7. The Labute approximate surface area is 135 Å². The van der Waals surface area contributed by atoms with E-state index in [4.69, 9.17) is 4.42 Å². The topological polar surface area (TPSA) is 55.1 Å². The van der Waals surface area contributed by atoms with Gasteiger partial charge in [-0.3, -0.25) is 4.79 Å². The quantitative estimate of drug-likeness (QED) is 0.785. The lowest BCUT2D eigenvalue weighted by Crippen LogP contribution is -2.29. The van der Waals surface area contributed by atoms with E-state index in [1.165, 1.54) is 0 Å². The minimum atomic E-state index is -0.342. The number of carbonyl (C=O) groups is 1. The fraction of sp³-hybridized carbons (Fsp3) is 0.158. The summed E-state index contributed by atoms with van der Waals surface area (Å²) in [6.45, 7) is 2.13. The van der Waals surface area contributed by atoms with Gasteiger partial charge in [0, 0.05) is 6.92 Å². The number of aryl methyl sites for hydroxylation is 1. The van der Waals surface area contributed by atoms with Crippen molar-refractivity contribution in [3.8, 4) is 0 Å². The molecule has 1 amide bonds. The van der Waals surface area contributed by atoms with E-state index in [-0.39, 0.29) is 11.8 Å². The fourth-order valence-corrected chi connectivity index (χ4v) is 2.56. The first-order chi connectivity index (χ1) is 11.2. The lowest BCUT2D eigenvalue weighted by atomic mass is 9.90. The first kappa shape index (κ1) is 15.0. The molecule has 3 aromatic rings. The zero-order valence-electron chi connectivity index (χ0n) is 12.9. The molecular weight excluding hydrogens is 288 g/mol. The summed E-state index contributed by atoms with van der Waals surface area (Å²) in [5.41, 5.74) is 2.65. The van der Waals surface area contributed by atoms with Crippen molar-refractivity contribution >= 4 is 5.91 Å². The molecule has 0 radical (unpaired) electrons. The number of hydrogen-bond donors (Lipinski definition) is 1. The van der Waals surface area contributed by atoms with E-state index in [0.717, 1.165) is 16.8 Å². The summed E-state index contributed by atoms with van der Waals surface area (Å²) in [6, 6.07) is 19.5. The van der Waals surface area contributed by atoms with Crippen molar-refractivity contribution in [3.05, 3.63) is 89.6 Å². The summed E-state index contributed by atoms with van der Waals surface area (Å²) in [5, 5.41) is 2.95. The molecule has 4 heteroatoms. The molecule has 0 unspecified atom stereocenters. The highest BCUT2D eigenvalue weighted by atomic mass is 16.3. The predicted molar refractivity (Wildman–Crippen MR) is 87.8 cm³/mol. The first-order valence-corrected chi connectivity index (χ1v) is 7.52. The molecule has 1 N–H and O–H groups in total. The third kappa shape index (κ3) is 3.66. The van der Waals surface area contributed by atoms with Crippen molar-refractivity contribution in [1.82, 2.24) is 10.3 Å². The van der Waals surface area contributed by atoms with Gasteiger partial charge < -0.3 is 9.73 Å². The second-order valence-electron chi connectivity index (χ2n) is 5.33. The Bertz CT molecular complexity index is 727. The minimum Gasteiger partial charge on any atom is -0.449 e. The highest BCUT2D eigenvalue weighted by Crippen LogP contribution is 2.24. The predicted octanol–water partition coefficient (Wildman–Crippen LogP) is 3.43. The highest BCUT2D eigenvalue weighted by molar-refractivity contribution is 5.87. The van der Waals surface area contributed by atoms with E-state index in [0.29, 0.717) is 12.4 Å². The second-order valence-corrected chi connectivity index (χ2v) is 5.33. The van der Waals surface area contributed by atoms with Gasteiger partial charge in [-0.05, 0) is 11.1 Å². The number of nitrogens with zero attached hydrogens (tertiary/aromatic N) is 1. The molecule has 0 aliphatic heterocycles. The van der Waals surface area contributed by atoms with Gasteiger partial charge in [0.1, 0.15) is 6.26 Å². The van der Waals surface area contributed by atoms with Gasteiger partial charge >= 0.3 is 0 Å². The average molecular weight is 306 g/mol. The molecule has 0 aliphatic rings. The van der Waals surface area contributed by atoms with Crippen LogP contribution in [0.3, 0.4) is 0 Å². The van der Waals surface area contributed by atoms with Crippen molar-refractivity contribution in [2.45, 2.75) is 19.4 Å². The number of benzene rings is 2. The van der Waals surface area contributed by atoms with Crippen LogP contribution in [0.1, 0.15) is 28.6 Å². The van der Waals surface area contributed by atoms with Gasteiger partial charge in [0.15, 0.2) is 5.89 Å². The van der Waals surface area contributed by atoms with Crippen molar-refractivity contribution < 1.29 is 9.21 Å². The summed E-state index contributed by atoms with van der Waals surface area (Å²) >= 11 is 0. The van der Waals surface area contributed by atoms with Gasteiger partial charge in [-0.25, -0.2) is 4.98 Å². The maximum Gasteiger partial charge on any atom is 0.232 e. The molecular formula is C19H18N2O2. The summed E-state index contributed by atoms with van der Waals surface area (Å²) in [7, 11) is 0. The molecule has 116 valence electrons. The molecule has 0 fully saturated rings. The van der Waals surface area contributed by atoms with Gasteiger partial charge in [-0.15, -0.1) is 0 Å². The molecule has 1 aromatic heterocycles. The van der Waals surface area contributed by atoms with E-state index in [1.54, 1.807) is 13.2 Å². The molecule has 0 aliphatic carbocycles. The van der Waals surface area contributed by atoms with Crippen LogP contribution < -0.4 is 5.32 Å². The molecule has 0 bridgehead atoms. The van der Waals surface area contributed by atoms with E-state index in [9.17, 15) is 4.79 Å². The molecule has 0 spiro atoms. The van der Waals surface area contributed by atoms with E-state index in [1.807, 2.05) is 60.7 Å². The third-order valence-corrected chi connectivity index (χ3v) is 3.64. The number of nitrogens with one attached hydrogen (secondary N) is 1. The van der Waals surface area contributed by atoms with Crippen LogP contribution in [0, 0.1) is 6.92 Å². The summed E-state index contributed by atoms with van der Waals surface area (Å²) < 4.78 is 5.16. The van der Waals surface area contributed by atoms with Gasteiger partial charge in [-0.2, -0.15) is 0 Å². The Morgan fingerprint density at radius 3 is 2.09 bits per heavy atom. The van der Waals surface area contributed by atoms with Gasteiger partial charge in [0.05, 0.1) is 18.2 Å². The highest BCUT2D eigenvalue weighted by Gasteiger charge is 2.22. The number of rotatable bonds is 5. The number of oxazole rings is 1. The number of amides is 1. The molecule has 3 rings (SSSR count). The molecule has 0 saturated heterocycles. The van der Waals surface area contributed by atoms with Crippen LogP contribution >= 0.6 is 0 Å². The second kappa shape index (κ2) is 6.92. The summed E-state index contributed by atoms with van der Waals surface area (Å²) in [5.74, 6) is 0.199. The van der Waals surface area contributed by atoms with Crippen molar-refractivity contribution in [2.75, 3.05) is 0 Å². The van der Waals surface area contributed by atoms with Gasteiger partial charge in [0.2, 0.25) is 5.91 Å². The Balaban J connectivity index is 1.82. The van der Waals surface area contributed by atoms with Crippen LogP contribution in [0.4, 0.5) is 0 Å². The smallest absolute Gasteiger partial charge is 0.232 e. The Morgan fingerprint density at radius 1 is 1.04 bits per heavy atom. The van der Waals surface area contributed by atoms with Crippen LogP contribution in [0.25, 0.3) is 0 Å². The molecule has 2 aromatic carbocycles. The van der Waals surface area contributed by atoms with Crippen LogP contribution in [0.15, 0.2) is 71.3 Å². The molecule has 0 saturated carbocycles.